The maximum atomic E-state index is 12.1. The van der Waals surface area contributed by atoms with E-state index in [9.17, 15) is 13.2 Å². The second-order valence-corrected chi connectivity index (χ2v) is 6.94. The highest BCUT2D eigenvalue weighted by molar-refractivity contribution is 7.92. The minimum absolute atomic E-state index is 0.0905. The summed E-state index contributed by atoms with van der Waals surface area (Å²) in [6, 6.07) is 11.0. The maximum absolute atomic E-state index is 12.1. The number of benzene rings is 1. The van der Waals surface area contributed by atoms with Crippen LogP contribution in [0.3, 0.4) is 0 Å². The van der Waals surface area contributed by atoms with Crippen LogP contribution >= 0.6 is 0 Å². The number of furan rings is 1. The van der Waals surface area contributed by atoms with Crippen LogP contribution in [0, 0.1) is 0 Å². The van der Waals surface area contributed by atoms with E-state index in [1.807, 2.05) is 0 Å². The number of hydrogen-bond donors (Lipinski definition) is 1. The van der Waals surface area contributed by atoms with Gasteiger partial charge in [-0.2, -0.15) is 0 Å². The fraction of sp³-hybridized carbons (Fsp3) is 0.125. The van der Waals surface area contributed by atoms with E-state index in [1.54, 1.807) is 24.3 Å². The Bertz CT molecular complexity index is 976. The molecule has 1 N–H and O–H groups in total. The second kappa shape index (κ2) is 6.81. The Morgan fingerprint density at radius 3 is 2.76 bits per heavy atom. The van der Waals surface area contributed by atoms with Crippen molar-refractivity contribution in [1.29, 1.82) is 0 Å². The van der Waals surface area contributed by atoms with Crippen molar-refractivity contribution in [1.82, 2.24) is 5.16 Å². The molecule has 0 spiro atoms. The molecule has 0 aliphatic carbocycles. The zero-order chi connectivity index (χ0) is 17.9. The molecule has 0 radical (unpaired) electrons. The van der Waals surface area contributed by atoms with Crippen molar-refractivity contribution >= 4 is 21.7 Å². The molecule has 0 aliphatic rings. The summed E-state index contributed by atoms with van der Waals surface area (Å²) in [4.78, 5) is 12.1. The molecule has 0 saturated heterocycles. The van der Waals surface area contributed by atoms with Crippen LogP contribution in [0.15, 0.2) is 57.7 Å². The van der Waals surface area contributed by atoms with Gasteiger partial charge in [-0.1, -0.05) is 11.2 Å². The Morgan fingerprint density at radius 2 is 2.04 bits per heavy atom. The number of carbonyl (C=O) groups is 1. The molecule has 0 saturated carbocycles. The van der Waals surface area contributed by atoms with Crippen molar-refractivity contribution < 1.29 is 26.9 Å². The van der Waals surface area contributed by atoms with Crippen molar-refractivity contribution in [2.45, 2.75) is 6.61 Å². The second-order valence-electron chi connectivity index (χ2n) is 5.19. The predicted molar refractivity (Wildman–Crippen MR) is 88.2 cm³/mol. The van der Waals surface area contributed by atoms with Gasteiger partial charge >= 0.3 is 5.97 Å². The van der Waals surface area contributed by atoms with Crippen LogP contribution in [0.25, 0.3) is 11.5 Å². The Morgan fingerprint density at radius 1 is 1.20 bits per heavy atom. The van der Waals surface area contributed by atoms with Crippen molar-refractivity contribution in [3.63, 3.8) is 0 Å². The normalized spacial score (nSPS) is 11.2. The van der Waals surface area contributed by atoms with Crippen LogP contribution in [0.4, 0.5) is 5.69 Å². The molecular formula is C16H14N2O6S. The number of esters is 1. The summed E-state index contributed by atoms with van der Waals surface area (Å²) in [6.45, 7) is -0.0905. The molecule has 0 amide bonds. The number of anilines is 1. The van der Waals surface area contributed by atoms with E-state index in [2.05, 4.69) is 9.88 Å². The zero-order valence-corrected chi connectivity index (χ0v) is 13.9. The van der Waals surface area contributed by atoms with Gasteiger partial charge in [0.2, 0.25) is 15.8 Å². The van der Waals surface area contributed by atoms with Crippen LogP contribution in [-0.4, -0.2) is 25.8 Å². The number of hydrogen-bond acceptors (Lipinski definition) is 7. The van der Waals surface area contributed by atoms with Gasteiger partial charge in [-0.3, -0.25) is 4.72 Å². The molecule has 0 aliphatic heterocycles. The van der Waals surface area contributed by atoms with Crippen molar-refractivity contribution in [2.24, 2.45) is 0 Å². The van der Waals surface area contributed by atoms with Gasteiger partial charge in [-0.25, -0.2) is 13.2 Å². The van der Waals surface area contributed by atoms with Gasteiger partial charge in [0, 0.05) is 11.8 Å². The summed E-state index contributed by atoms with van der Waals surface area (Å²) in [5.41, 5.74) is 0.909. The maximum Gasteiger partial charge on any atom is 0.338 e. The van der Waals surface area contributed by atoms with Gasteiger partial charge < -0.3 is 13.7 Å². The first-order chi connectivity index (χ1) is 11.9. The first-order valence-corrected chi connectivity index (χ1v) is 9.04. The van der Waals surface area contributed by atoms with E-state index in [0.717, 1.165) is 6.26 Å². The van der Waals surface area contributed by atoms with Crippen LogP contribution in [0.1, 0.15) is 16.1 Å². The molecule has 0 unspecified atom stereocenters. The summed E-state index contributed by atoms with van der Waals surface area (Å²) in [7, 11) is -3.43. The molecule has 2 heterocycles. The van der Waals surface area contributed by atoms with Gasteiger partial charge in [0.15, 0.2) is 5.76 Å². The van der Waals surface area contributed by atoms with Crippen LogP contribution in [-0.2, 0) is 21.4 Å². The lowest BCUT2D eigenvalue weighted by Crippen LogP contribution is -2.11. The standard InChI is InChI=1S/C16H14N2O6S/c1-25(20,21)18-12-5-2-4-11(8-12)16(19)23-10-13-9-15(24-17-13)14-6-3-7-22-14/h2-9,18H,10H2,1H3. The van der Waals surface area contributed by atoms with Crippen molar-refractivity contribution in [3.8, 4) is 11.5 Å². The first-order valence-electron chi connectivity index (χ1n) is 7.15. The fourth-order valence-electron chi connectivity index (χ4n) is 2.06. The highest BCUT2D eigenvalue weighted by Gasteiger charge is 2.13. The first kappa shape index (κ1) is 16.8. The topological polar surface area (TPSA) is 112 Å². The summed E-state index contributed by atoms with van der Waals surface area (Å²) in [6.07, 6.45) is 2.54. The van der Waals surface area contributed by atoms with Crippen molar-refractivity contribution in [3.05, 3.63) is 60.0 Å². The molecule has 9 heteroatoms. The molecule has 3 rings (SSSR count). The fourth-order valence-corrected chi connectivity index (χ4v) is 2.62. The Kier molecular flexibility index (Phi) is 4.57. The lowest BCUT2D eigenvalue weighted by atomic mass is 10.2. The number of ether oxygens (including phenoxy) is 1. The Balaban J connectivity index is 1.64. The average Bonchev–Trinajstić information content (AvgIpc) is 3.22. The van der Waals surface area contributed by atoms with E-state index in [0.29, 0.717) is 17.2 Å². The van der Waals surface area contributed by atoms with Gasteiger partial charge in [-0.15, -0.1) is 0 Å². The van der Waals surface area contributed by atoms with Crippen LogP contribution < -0.4 is 4.72 Å². The zero-order valence-electron chi connectivity index (χ0n) is 13.1. The summed E-state index contributed by atoms with van der Waals surface area (Å²) < 4.78 is 40.2. The number of nitrogens with one attached hydrogen (secondary N) is 1. The molecule has 2 aromatic heterocycles. The lowest BCUT2D eigenvalue weighted by Gasteiger charge is -2.06. The Hall–Kier alpha value is -3.07. The van der Waals surface area contributed by atoms with Gasteiger partial charge in [0.1, 0.15) is 12.3 Å². The highest BCUT2D eigenvalue weighted by Crippen LogP contribution is 2.21. The number of aromatic nitrogens is 1. The molecule has 0 fully saturated rings. The third-order valence-electron chi connectivity index (χ3n) is 3.08. The van der Waals surface area contributed by atoms with E-state index >= 15 is 0 Å². The minimum atomic E-state index is -3.43. The predicted octanol–water partition coefficient (Wildman–Crippen LogP) is 2.66. The summed E-state index contributed by atoms with van der Waals surface area (Å²) >= 11 is 0. The van der Waals surface area contributed by atoms with Crippen LogP contribution in [0.5, 0.6) is 0 Å². The lowest BCUT2D eigenvalue weighted by molar-refractivity contribution is 0.0464. The average molecular weight is 362 g/mol. The third kappa shape index (κ3) is 4.48. The monoisotopic (exact) mass is 362 g/mol. The quantitative estimate of drug-likeness (QED) is 0.671. The number of carbonyl (C=O) groups excluding carboxylic acids is 1. The molecule has 0 atom stereocenters. The third-order valence-corrected chi connectivity index (χ3v) is 3.68. The Labute approximate surface area is 143 Å². The largest absolute Gasteiger partial charge is 0.461 e. The van der Waals surface area contributed by atoms with Gasteiger partial charge in [0.25, 0.3) is 0 Å². The number of sulfonamides is 1. The molecule has 3 aromatic rings. The highest BCUT2D eigenvalue weighted by atomic mass is 32.2. The van der Waals surface area contributed by atoms with Gasteiger partial charge in [-0.05, 0) is 30.3 Å². The molecule has 8 nitrogen and oxygen atoms in total. The van der Waals surface area contributed by atoms with Crippen molar-refractivity contribution in [2.75, 3.05) is 11.0 Å². The van der Waals surface area contributed by atoms with Gasteiger partial charge in [0.05, 0.1) is 18.1 Å². The summed E-state index contributed by atoms with van der Waals surface area (Å²) in [5.74, 6) is 0.333. The molecule has 1 aromatic carbocycles. The molecular weight excluding hydrogens is 348 g/mol. The minimum Gasteiger partial charge on any atom is -0.461 e. The number of nitrogens with zero attached hydrogens (tertiary/aromatic N) is 1. The van der Waals surface area contributed by atoms with E-state index in [-0.39, 0.29) is 17.9 Å². The molecule has 0 bridgehead atoms. The van der Waals surface area contributed by atoms with E-state index < -0.39 is 16.0 Å². The molecule has 25 heavy (non-hydrogen) atoms. The SMILES string of the molecule is CS(=O)(=O)Nc1cccc(C(=O)OCc2cc(-c3ccco3)on2)c1. The van der Waals surface area contributed by atoms with E-state index in [4.69, 9.17) is 13.7 Å². The van der Waals surface area contributed by atoms with E-state index in [1.165, 1.54) is 24.5 Å². The smallest absolute Gasteiger partial charge is 0.338 e. The number of rotatable bonds is 6. The molecule has 130 valence electrons. The van der Waals surface area contributed by atoms with Crippen LogP contribution in [0.2, 0.25) is 0 Å². The summed E-state index contributed by atoms with van der Waals surface area (Å²) in [5, 5.41) is 3.80.